The summed E-state index contributed by atoms with van der Waals surface area (Å²) in [6.45, 7) is 7.46. The van der Waals surface area contributed by atoms with Crippen molar-refractivity contribution in [1.82, 2.24) is 9.97 Å². The van der Waals surface area contributed by atoms with Gasteiger partial charge in [0.2, 0.25) is 5.82 Å². The monoisotopic (exact) mass is 211 g/mol. The molecule has 0 amide bonds. The van der Waals surface area contributed by atoms with Crippen LogP contribution in [0.15, 0.2) is 0 Å². The Hall–Kier alpha value is -1.59. The molecule has 0 aliphatic carbocycles. The van der Waals surface area contributed by atoms with E-state index in [1.165, 1.54) is 0 Å². The fourth-order valence-corrected chi connectivity index (χ4v) is 1.34. The van der Waals surface area contributed by atoms with Gasteiger partial charge in [0, 0.05) is 19.5 Å². The highest BCUT2D eigenvalue weighted by Crippen LogP contribution is 2.07. The molecule has 1 heterocycles. The SMILES string of the molecule is CCc1nc(N(CC)CC)nc(N)[n+]1[O-]. The quantitative estimate of drug-likeness (QED) is 0.564. The van der Waals surface area contributed by atoms with Crippen LogP contribution < -0.4 is 15.4 Å². The number of rotatable bonds is 4. The Bertz CT molecular complexity index is 338. The number of nitrogens with two attached hydrogens (primary N) is 1. The van der Waals surface area contributed by atoms with E-state index in [2.05, 4.69) is 9.97 Å². The van der Waals surface area contributed by atoms with Crippen LogP contribution in [-0.4, -0.2) is 23.1 Å². The zero-order valence-electron chi connectivity index (χ0n) is 9.40. The maximum Gasteiger partial charge on any atom is 0.348 e. The van der Waals surface area contributed by atoms with E-state index in [1.807, 2.05) is 25.7 Å². The van der Waals surface area contributed by atoms with E-state index in [9.17, 15) is 5.21 Å². The highest BCUT2D eigenvalue weighted by molar-refractivity contribution is 5.31. The molecule has 15 heavy (non-hydrogen) atoms. The number of aryl methyl sites for hydroxylation is 1. The van der Waals surface area contributed by atoms with Gasteiger partial charge in [0.05, 0.1) is 0 Å². The summed E-state index contributed by atoms with van der Waals surface area (Å²) in [6, 6.07) is 0. The van der Waals surface area contributed by atoms with Crippen LogP contribution in [0.4, 0.5) is 11.9 Å². The van der Waals surface area contributed by atoms with Crippen molar-refractivity contribution < 1.29 is 4.73 Å². The highest BCUT2D eigenvalue weighted by Gasteiger charge is 2.16. The van der Waals surface area contributed by atoms with E-state index < -0.39 is 0 Å². The summed E-state index contributed by atoms with van der Waals surface area (Å²) >= 11 is 0. The lowest BCUT2D eigenvalue weighted by Gasteiger charge is -2.17. The third-order valence-corrected chi connectivity index (χ3v) is 2.25. The van der Waals surface area contributed by atoms with Crippen molar-refractivity contribution in [2.24, 2.45) is 0 Å². The lowest BCUT2D eigenvalue weighted by molar-refractivity contribution is -0.604. The summed E-state index contributed by atoms with van der Waals surface area (Å²) in [4.78, 5) is 10.1. The first-order chi connectivity index (χ1) is 7.13. The van der Waals surface area contributed by atoms with Crippen molar-refractivity contribution in [2.45, 2.75) is 27.2 Å². The van der Waals surface area contributed by atoms with Crippen molar-refractivity contribution in [3.8, 4) is 0 Å². The average Bonchev–Trinajstić information content (AvgIpc) is 2.24. The fraction of sp³-hybridized carbons (Fsp3) is 0.667. The Morgan fingerprint density at radius 2 is 1.87 bits per heavy atom. The van der Waals surface area contributed by atoms with Gasteiger partial charge in [-0.3, -0.25) is 0 Å². The Morgan fingerprint density at radius 3 is 2.33 bits per heavy atom. The number of aromatic nitrogens is 3. The molecule has 0 spiro atoms. The molecule has 6 nitrogen and oxygen atoms in total. The molecule has 0 aliphatic rings. The highest BCUT2D eigenvalue weighted by atomic mass is 16.5. The third-order valence-electron chi connectivity index (χ3n) is 2.25. The summed E-state index contributed by atoms with van der Waals surface area (Å²) in [5, 5.41) is 11.4. The first kappa shape index (κ1) is 11.5. The van der Waals surface area contributed by atoms with Crippen molar-refractivity contribution in [3.63, 3.8) is 0 Å². The zero-order chi connectivity index (χ0) is 11.4. The van der Waals surface area contributed by atoms with Gasteiger partial charge in [0.1, 0.15) is 0 Å². The predicted molar refractivity (Wildman–Crippen MR) is 58.3 cm³/mol. The molecule has 0 unspecified atom stereocenters. The van der Waals surface area contributed by atoms with Crippen molar-refractivity contribution in [3.05, 3.63) is 11.0 Å². The van der Waals surface area contributed by atoms with E-state index in [-0.39, 0.29) is 5.95 Å². The Morgan fingerprint density at radius 1 is 1.27 bits per heavy atom. The molecule has 84 valence electrons. The van der Waals surface area contributed by atoms with Gasteiger partial charge >= 0.3 is 11.9 Å². The second-order valence-corrected chi connectivity index (χ2v) is 3.12. The maximum atomic E-state index is 11.4. The van der Waals surface area contributed by atoms with Crippen LogP contribution in [0.25, 0.3) is 0 Å². The fourth-order valence-electron chi connectivity index (χ4n) is 1.34. The van der Waals surface area contributed by atoms with Gasteiger partial charge in [-0.25, -0.2) is 4.73 Å². The first-order valence-electron chi connectivity index (χ1n) is 5.14. The summed E-state index contributed by atoms with van der Waals surface area (Å²) in [6.07, 6.45) is 0.546. The smallest absolute Gasteiger partial charge is 0.348 e. The molecule has 0 bridgehead atoms. The van der Waals surface area contributed by atoms with Crippen LogP contribution in [0.1, 0.15) is 26.6 Å². The molecule has 0 fully saturated rings. The molecule has 1 aromatic heterocycles. The molecule has 0 aromatic carbocycles. The van der Waals surface area contributed by atoms with Crippen LogP contribution in [0.5, 0.6) is 0 Å². The predicted octanol–water partition coefficient (Wildman–Crippen LogP) is 0.101. The second kappa shape index (κ2) is 4.77. The molecule has 0 aliphatic heterocycles. The van der Waals surface area contributed by atoms with E-state index >= 15 is 0 Å². The molecule has 1 rings (SSSR count). The van der Waals surface area contributed by atoms with E-state index in [4.69, 9.17) is 5.73 Å². The Kier molecular flexibility index (Phi) is 3.65. The van der Waals surface area contributed by atoms with Crippen LogP contribution in [0.2, 0.25) is 0 Å². The molecule has 6 heteroatoms. The number of nitrogens with zero attached hydrogens (tertiary/aromatic N) is 4. The summed E-state index contributed by atoms with van der Waals surface area (Å²) < 4.78 is 0.576. The number of hydrogen-bond donors (Lipinski definition) is 1. The number of nitrogen functional groups attached to an aromatic ring is 1. The second-order valence-electron chi connectivity index (χ2n) is 3.12. The molecule has 1 aromatic rings. The van der Waals surface area contributed by atoms with E-state index in [0.717, 1.165) is 13.1 Å². The molecule has 2 N–H and O–H groups in total. The van der Waals surface area contributed by atoms with Gasteiger partial charge in [-0.2, -0.15) is 0 Å². The van der Waals surface area contributed by atoms with Crippen LogP contribution in [0.3, 0.4) is 0 Å². The topological polar surface area (TPSA) is 82.0 Å². The minimum atomic E-state index is -0.0382. The van der Waals surface area contributed by atoms with Crippen molar-refractivity contribution in [2.75, 3.05) is 23.7 Å². The normalized spacial score (nSPS) is 10.3. The minimum Gasteiger partial charge on any atom is -0.754 e. The van der Waals surface area contributed by atoms with Crippen LogP contribution in [-0.2, 0) is 6.42 Å². The van der Waals surface area contributed by atoms with E-state index in [0.29, 0.717) is 22.9 Å². The van der Waals surface area contributed by atoms with Gasteiger partial charge in [-0.15, -0.1) is 0 Å². The zero-order valence-corrected chi connectivity index (χ0v) is 9.40. The van der Waals surface area contributed by atoms with Gasteiger partial charge in [0.25, 0.3) is 0 Å². The molecular formula is C9H17N5O. The molecular weight excluding hydrogens is 194 g/mol. The Labute approximate surface area is 89.3 Å². The minimum absolute atomic E-state index is 0.0382. The summed E-state index contributed by atoms with van der Waals surface area (Å²) in [5.41, 5.74) is 5.52. The van der Waals surface area contributed by atoms with Crippen LogP contribution >= 0.6 is 0 Å². The largest absolute Gasteiger partial charge is 0.754 e. The Balaban J connectivity index is 3.15. The average molecular weight is 211 g/mol. The van der Waals surface area contributed by atoms with Gasteiger partial charge in [0.15, 0.2) is 0 Å². The van der Waals surface area contributed by atoms with Crippen molar-refractivity contribution in [1.29, 1.82) is 0 Å². The third kappa shape index (κ3) is 2.26. The maximum absolute atomic E-state index is 11.4. The number of hydrogen-bond acceptors (Lipinski definition) is 5. The molecule has 0 radical (unpaired) electrons. The standard InChI is InChI=1S/C9H17N5O/c1-4-7-11-9(13(5-2)6-3)12-8(10)14(7)15/h4-6H2,1-3H3,(H2,10,11,12). The van der Waals surface area contributed by atoms with E-state index in [1.54, 1.807) is 0 Å². The van der Waals surface area contributed by atoms with Gasteiger partial charge in [-0.05, 0) is 13.8 Å². The first-order valence-corrected chi connectivity index (χ1v) is 5.14. The molecule has 0 saturated heterocycles. The lowest BCUT2D eigenvalue weighted by Crippen LogP contribution is -2.39. The van der Waals surface area contributed by atoms with Crippen LogP contribution in [0, 0.1) is 5.21 Å². The summed E-state index contributed by atoms with van der Waals surface area (Å²) in [7, 11) is 0. The van der Waals surface area contributed by atoms with Crippen molar-refractivity contribution >= 4 is 11.9 Å². The van der Waals surface area contributed by atoms with Gasteiger partial charge in [-0.1, -0.05) is 16.9 Å². The van der Waals surface area contributed by atoms with Gasteiger partial charge < -0.3 is 15.8 Å². The summed E-state index contributed by atoms with van der Waals surface area (Å²) in [5.74, 6) is 0.898. The lowest BCUT2D eigenvalue weighted by atomic mass is 10.4. The number of anilines is 2. The molecule has 0 atom stereocenters. The molecule has 0 saturated carbocycles.